The highest BCUT2D eigenvalue weighted by Gasteiger charge is 2.25. The quantitative estimate of drug-likeness (QED) is 0.651. The Hall–Kier alpha value is -1.88. The third-order valence-electron chi connectivity index (χ3n) is 2.92. The predicted molar refractivity (Wildman–Crippen MR) is 72.2 cm³/mol. The zero-order valence-corrected chi connectivity index (χ0v) is 11.5. The molecule has 0 bridgehead atoms. The fraction of sp³-hybridized carbons (Fsp3) is 0.429. The van der Waals surface area contributed by atoms with Crippen molar-refractivity contribution in [2.24, 2.45) is 0 Å². The van der Waals surface area contributed by atoms with E-state index in [1.54, 1.807) is 0 Å². The van der Waals surface area contributed by atoms with Gasteiger partial charge in [0, 0.05) is 7.11 Å². The average Bonchev–Trinajstić information content (AvgIpc) is 2.43. The minimum Gasteiger partial charge on any atom is -0.474 e. The van der Waals surface area contributed by atoms with Crippen LogP contribution in [0.2, 0.25) is 0 Å². The average molecular weight is 265 g/mol. The number of carbonyl (C=O) groups excluding carboxylic acids is 1. The van der Waals surface area contributed by atoms with Crippen molar-refractivity contribution in [1.29, 1.82) is 0 Å². The molecule has 0 aliphatic rings. The summed E-state index contributed by atoms with van der Waals surface area (Å²) in [7, 11) is 1.43. The van der Waals surface area contributed by atoms with Gasteiger partial charge in [0.2, 0.25) is 0 Å². The van der Waals surface area contributed by atoms with Crippen molar-refractivity contribution in [3.63, 3.8) is 0 Å². The summed E-state index contributed by atoms with van der Waals surface area (Å²) >= 11 is 0. The molecule has 1 aromatic carbocycles. The van der Waals surface area contributed by atoms with Crippen molar-refractivity contribution in [2.45, 2.75) is 26.7 Å². The molecule has 0 spiro atoms. The van der Waals surface area contributed by atoms with E-state index in [0.29, 0.717) is 5.69 Å². The van der Waals surface area contributed by atoms with E-state index in [-0.39, 0.29) is 6.73 Å². The molecule has 0 aliphatic carbocycles. The third-order valence-corrected chi connectivity index (χ3v) is 2.92. The normalized spacial score (nSPS) is 10.3. The Bertz CT molecular complexity index is 448. The molecule has 0 radical (unpaired) electrons. The summed E-state index contributed by atoms with van der Waals surface area (Å²) in [5.74, 6) is -2.46. The van der Waals surface area contributed by atoms with Crippen LogP contribution >= 0.6 is 0 Å². The smallest absolute Gasteiger partial charge is 0.395 e. The monoisotopic (exact) mass is 265 g/mol. The minimum atomic E-state index is -1.48. The second-order valence-corrected chi connectivity index (χ2v) is 4.09. The second kappa shape index (κ2) is 6.89. The number of para-hydroxylation sites is 1. The lowest BCUT2D eigenvalue weighted by Crippen LogP contribution is -2.39. The first kappa shape index (κ1) is 15.2. The lowest BCUT2D eigenvalue weighted by atomic mass is 10.0. The van der Waals surface area contributed by atoms with E-state index in [2.05, 4.69) is 0 Å². The van der Waals surface area contributed by atoms with Crippen molar-refractivity contribution >= 4 is 17.6 Å². The maximum Gasteiger partial charge on any atom is 0.395 e. The van der Waals surface area contributed by atoms with Crippen molar-refractivity contribution in [3.05, 3.63) is 29.3 Å². The molecule has 19 heavy (non-hydrogen) atoms. The number of benzene rings is 1. The molecule has 0 aliphatic heterocycles. The van der Waals surface area contributed by atoms with Crippen molar-refractivity contribution in [2.75, 3.05) is 18.7 Å². The van der Waals surface area contributed by atoms with Gasteiger partial charge in [-0.1, -0.05) is 32.0 Å². The van der Waals surface area contributed by atoms with E-state index in [4.69, 9.17) is 9.84 Å². The molecule has 104 valence electrons. The van der Waals surface area contributed by atoms with Crippen LogP contribution in [0.1, 0.15) is 25.0 Å². The van der Waals surface area contributed by atoms with E-state index < -0.39 is 11.9 Å². The van der Waals surface area contributed by atoms with Crippen LogP contribution < -0.4 is 4.90 Å². The molecule has 0 heterocycles. The number of ether oxygens (including phenoxy) is 1. The highest BCUT2D eigenvalue weighted by Crippen LogP contribution is 2.27. The van der Waals surface area contributed by atoms with Gasteiger partial charge in [0.1, 0.15) is 6.73 Å². The molecule has 0 atom stereocenters. The SMILES string of the molecule is CCc1cccc(CC)c1N(COC)C(=O)C(=O)O. The summed E-state index contributed by atoms with van der Waals surface area (Å²) in [6.07, 6.45) is 1.44. The van der Waals surface area contributed by atoms with Crippen LogP contribution in [0.25, 0.3) is 0 Å². The Labute approximate surface area is 112 Å². The maximum atomic E-state index is 11.8. The molecular weight excluding hydrogens is 246 g/mol. The number of aryl methyl sites for hydroxylation is 2. The number of rotatable bonds is 5. The van der Waals surface area contributed by atoms with Crippen molar-refractivity contribution in [3.8, 4) is 0 Å². The Morgan fingerprint density at radius 3 is 2.11 bits per heavy atom. The number of nitrogens with zero attached hydrogens (tertiary/aromatic N) is 1. The maximum absolute atomic E-state index is 11.8. The number of amides is 1. The van der Waals surface area contributed by atoms with Gasteiger partial charge in [0.25, 0.3) is 0 Å². The van der Waals surface area contributed by atoms with Gasteiger partial charge in [-0.3, -0.25) is 9.69 Å². The summed E-state index contributed by atoms with van der Waals surface area (Å²) in [5, 5.41) is 8.92. The number of methoxy groups -OCH3 is 1. The Kier molecular flexibility index (Phi) is 5.51. The van der Waals surface area contributed by atoms with Crippen LogP contribution in [0.5, 0.6) is 0 Å². The fourth-order valence-corrected chi connectivity index (χ4v) is 2.03. The van der Waals surface area contributed by atoms with Gasteiger partial charge in [-0.2, -0.15) is 0 Å². The number of carbonyl (C=O) groups is 2. The van der Waals surface area contributed by atoms with Gasteiger partial charge >= 0.3 is 11.9 Å². The standard InChI is InChI=1S/C14H19NO4/c1-4-10-7-6-8-11(5-2)12(10)15(9-19-3)13(16)14(17)18/h6-8H,4-5,9H2,1-3H3,(H,17,18). The van der Waals surface area contributed by atoms with Crippen LogP contribution in [-0.4, -0.2) is 30.8 Å². The van der Waals surface area contributed by atoms with Crippen molar-refractivity contribution < 1.29 is 19.4 Å². The molecule has 0 saturated carbocycles. The molecule has 1 rings (SSSR count). The number of carboxylic acid groups (broad SMARTS) is 1. The first-order valence-corrected chi connectivity index (χ1v) is 6.21. The topological polar surface area (TPSA) is 66.8 Å². The summed E-state index contributed by atoms with van der Waals surface area (Å²) in [5.41, 5.74) is 2.53. The van der Waals surface area contributed by atoms with E-state index in [1.807, 2.05) is 32.0 Å². The molecular formula is C14H19NO4. The molecule has 1 aromatic rings. The van der Waals surface area contributed by atoms with Gasteiger partial charge in [0.15, 0.2) is 0 Å². The Balaban J connectivity index is 3.35. The van der Waals surface area contributed by atoms with E-state index >= 15 is 0 Å². The summed E-state index contributed by atoms with van der Waals surface area (Å²) in [6, 6.07) is 5.70. The largest absolute Gasteiger partial charge is 0.474 e. The zero-order valence-electron chi connectivity index (χ0n) is 11.5. The van der Waals surface area contributed by atoms with E-state index in [1.165, 1.54) is 12.0 Å². The number of carboxylic acids is 1. The minimum absolute atomic E-state index is 0.0743. The van der Waals surface area contributed by atoms with Crippen LogP contribution in [0, 0.1) is 0 Å². The van der Waals surface area contributed by atoms with Crippen LogP contribution in [0.15, 0.2) is 18.2 Å². The predicted octanol–water partition coefficient (Wildman–Crippen LogP) is 1.83. The summed E-state index contributed by atoms with van der Waals surface area (Å²) in [6.45, 7) is 3.86. The summed E-state index contributed by atoms with van der Waals surface area (Å²) < 4.78 is 4.97. The molecule has 0 fully saturated rings. The second-order valence-electron chi connectivity index (χ2n) is 4.09. The molecule has 5 nitrogen and oxygen atoms in total. The molecule has 1 N–H and O–H groups in total. The third kappa shape index (κ3) is 3.32. The highest BCUT2D eigenvalue weighted by atomic mass is 16.5. The Morgan fingerprint density at radius 1 is 1.21 bits per heavy atom. The summed E-state index contributed by atoms with van der Waals surface area (Å²) in [4.78, 5) is 23.9. The lowest BCUT2D eigenvalue weighted by molar-refractivity contribution is -0.149. The van der Waals surface area contributed by atoms with Crippen LogP contribution in [0.4, 0.5) is 5.69 Å². The Morgan fingerprint density at radius 2 is 1.74 bits per heavy atom. The van der Waals surface area contributed by atoms with Gasteiger partial charge in [-0.05, 0) is 24.0 Å². The molecule has 5 heteroatoms. The van der Waals surface area contributed by atoms with E-state index in [0.717, 1.165) is 24.0 Å². The van der Waals surface area contributed by atoms with Gasteiger partial charge < -0.3 is 9.84 Å². The first-order chi connectivity index (χ1) is 9.06. The van der Waals surface area contributed by atoms with Gasteiger partial charge in [0.05, 0.1) is 5.69 Å². The number of aliphatic carboxylic acids is 1. The molecule has 0 saturated heterocycles. The molecule has 1 amide bonds. The molecule has 0 aromatic heterocycles. The van der Waals surface area contributed by atoms with Crippen molar-refractivity contribution in [1.82, 2.24) is 0 Å². The number of hydrogen-bond donors (Lipinski definition) is 1. The number of hydrogen-bond acceptors (Lipinski definition) is 3. The number of anilines is 1. The highest BCUT2D eigenvalue weighted by molar-refractivity contribution is 6.37. The zero-order chi connectivity index (χ0) is 14.4. The van der Waals surface area contributed by atoms with Crippen LogP contribution in [-0.2, 0) is 27.2 Å². The van der Waals surface area contributed by atoms with Crippen LogP contribution in [0.3, 0.4) is 0 Å². The lowest BCUT2D eigenvalue weighted by Gasteiger charge is -2.25. The fourth-order valence-electron chi connectivity index (χ4n) is 2.03. The molecule has 0 unspecified atom stereocenters. The first-order valence-electron chi connectivity index (χ1n) is 6.21. The van der Waals surface area contributed by atoms with E-state index in [9.17, 15) is 9.59 Å². The van der Waals surface area contributed by atoms with Gasteiger partial charge in [-0.15, -0.1) is 0 Å². The van der Waals surface area contributed by atoms with Gasteiger partial charge in [-0.25, -0.2) is 4.79 Å².